The normalized spacial score (nSPS) is 12.0. The lowest BCUT2D eigenvalue weighted by molar-refractivity contribution is 0.244. The number of amides is 2. The molecule has 0 saturated carbocycles. The number of urea groups is 1. The lowest BCUT2D eigenvalue weighted by Crippen LogP contribution is -2.37. The molecule has 2 amide bonds. The zero-order chi connectivity index (χ0) is 15.9. The van der Waals surface area contributed by atoms with Crippen LogP contribution in [0.4, 0.5) is 10.6 Å². The van der Waals surface area contributed by atoms with Gasteiger partial charge in [0.1, 0.15) is 12.1 Å². The van der Waals surface area contributed by atoms with Crippen LogP contribution in [-0.4, -0.2) is 41.5 Å². The number of nitrogens with zero attached hydrogens (tertiary/aromatic N) is 3. The van der Waals surface area contributed by atoms with Crippen LogP contribution >= 0.6 is 11.6 Å². The van der Waals surface area contributed by atoms with Gasteiger partial charge in [-0.3, -0.25) is 5.32 Å². The van der Waals surface area contributed by atoms with Gasteiger partial charge in [-0.15, -0.1) is 0 Å². The Balaban J connectivity index is 2.06. The number of rotatable bonds is 5. The van der Waals surface area contributed by atoms with Crippen molar-refractivity contribution in [1.29, 1.82) is 0 Å². The summed E-state index contributed by atoms with van der Waals surface area (Å²) in [5.41, 5.74) is 0.982. The Morgan fingerprint density at radius 1 is 1.27 bits per heavy atom. The van der Waals surface area contributed by atoms with Gasteiger partial charge in [0.2, 0.25) is 0 Å². The predicted molar refractivity (Wildman–Crippen MR) is 86.9 cm³/mol. The van der Waals surface area contributed by atoms with Crippen molar-refractivity contribution in [2.75, 3.05) is 26.0 Å². The van der Waals surface area contributed by atoms with E-state index >= 15 is 0 Å². The van der Waals surface area contributed by atoms with Crippen LogP contribution in [0.3, 0.4) is 0 Å². The molecule has 0 bridgehead atoms. The average Bonchev–Trinajstić information content (AvgIpc) is 2.48. The summed E-state index contributed by atoms with van der Waals surface area (Å²) in [7, 11) is 3.90. The van der Waals surface area contributed by atoms with E-state index in [1.807, 2.05) is 43.3 Å². The quantitative estimate of drug-likeness (QED) is 0.888. The van der Waals surface area contributed by atoms with Crippen molar-refractivity contribution in [3.63, 3.8) is 0 Å². The van der Waals surface area contributed by atoms with E-state index in [1.54, 1.807) is 12.3 Å². The number of halogens is 1. The second-order valence-corrected chi connectivity index (χ2v) is 5.50. The summed E-state index contributed by atoms with van der Waals surface area (Å²) in [5.74, 6) is 0.451. The Bertz CT molecular complexity index is 603. The van der Waals surface area contributed by atoms with Crippen molar-refractivity contribution in [2.24, 2.45) is 0 Å². The van der Waals surface area contributed by atoms with Gasteiger partial charge in [0.05, 0.1) is 6.04 Å². The number of anilines is 1. The lowest BCUT2D eigenvalue weighted by Gasteiger charge is -2.23. The van der Waals surface area contributed by atoms with Gasteiger partial charge in [0.15, 0.2) is 0 Å². The Labute approximate surface area is 134 Å². The third kappa shape index (κ3) is 4.98. The summed E-state index contributed by atoms with van der Waals surface area (Å²) in [4.78, 5) is 21.9. The molecule has 0 aliphatic heterocycles. The summed E-state index contributed by atoms with van der Waals surface area (Å²) >= 11 is 5.91. The van der Waals surface area contributed by atoms with E-state index in [0.29, 0.717) is 17.4 Å². The number of carbonyl (C=O) groups excluding carboxylic acids is 1. The molecular formula is C15H18ClN5O. The third-order valence-electron chi connectivity index (χ3n) is 2.95. The number of hydrogen-bond donors (Lipinski definition) is 2. The van der Waals surface area contributed by atoms with E-state index in [1.165, 1.54) is 6.33 Å². The molecule has 1 unspecified atom stereocenters. The summed E-state index contributed by atoms with van der Waals surface area (Å²) in [6.07, 6.45) is 2.95. The third-order valence-corrected chi connectivity index (χ3v) is 3.20. The molecule has 0 saturated heterocycles. The first-order valence-electron chi connectivity index (χ1n) is 6.78. The van der Waals surface area contributed by atoms with Crippen LogP contribution in [0.25, 0.3) is 0 Å². The van der Waals surface area contributed by atoms with E-state index in [4.69, 9.17) is 11.6 Å². The van der Waals surface area contributed by atoms with E-state index in [0.717, 1.165) is 5.56 Å². The first kappa shape index (κ1) is 16.2. The number of benzene rings is 1. The molecule has 116 valence electrons. The van der Waals surface area contributed by atoms with Gasteiger partial charge in [-0.25, -0.2) is 14.8 Å². The minimum Gasteiger partial charge on any atom is -0.330 e. The highest BCUT2D eigenvalue weighted by atomic mass is 35.5. The van der Waals surface area contributed by atoms with Crippen molar-refractivity contribution in [2.45, 2.75) is 6.04 Å². The van der Waals surface area contributed by atoms with Crippen LogP contribution in [0.5, 0.6) is 0 Å². The Morgan fingerprint density at radius 2 is 2.00 bits per heavy atom. The number of carbonyl (C=O) groups is 1. The fourth-order valence-corrected chi connectivity index (χ4v) is 2.10. The summed E-state index contributed by atoms with van der Waals surface area (Å²) in [5, 5.41) is 6.28. The molecule has 7 heteroatoms. The fourth-order valence-electron chi connectivity index (χ4n) is 1.97. The molecule has 1 atom stereocenters. The molecule has 0 aliphatic carbocycles. The van der Waals surface area contributed by atoms with Gasteiger partial charge < -0.3 is 10.2 Å². The maximum atomic E-state index is 12.1. The molecule has 0 spiro atoms. The van der Waals surface area contributed by atoms with Gasteiger partial charge in [-0.2, -0.15) is 0 Å². The van der Waals surface area contributed by atoms with Crippen LogP contribution < -0.4 is 10.6 Å². The predicted octanol–water partition coefficient (Wildman–Crippen LogP) is 2.55. The minimum atomic E-state index is -0.319. The van der Waals surface area contributed by atoms with Crippen molar-refractivity contribution >= 4 is 23.4 Å². The second-order valence-electron chi connectivity index (χ2n) is 5.06. The number of likely N-dealkylation sites (N-methyl/N-ethyl adjacent to an activating group) is 1. The highest BCUT2D eigenvalue weighted by Crippen LogP contribution is 2.17. The van der Waals surface area contributed by atoms with E-state index in [9.17, 15) is 4.79 Å². The van der Waals surface area contributed by atoms with Gasteiger partial charge in [0, 0.05) is 17.8 Å². The topological polar surface area (TPSA) is 70.2 Å². The fraction of sp³-hybridized carbons (Fsp3) is 0.267. The molecular weight excluding hydrogens is 302 g/mol. The van der Waals surface area contributed by atoms with Crippen molar-refractivity contribution in [3.8, 4) is 0 Å². The number of nitrogens with one attached hydrogen (secondary N) is 2. The van der Waals surface area contributed by atoms with E-state index in [-0.39, 0.29) is 12.1 Å². The molecule has 0 aliphatic rings. The molecule has 2 rings (SSSR count). The standard InChI is InChI=1S/C15H18ClN5O/c1-21(2)9-13(11-3-5-12(16)6-4-11)19-15(22)20-14-7-8-17-10-18-14/h3-8,10,13H,9H2,1-2H3,(H2,17,18,19,20,22). The number of aromatic nitrogens is 2. The van der Waals surface area contributed by atoms with Crippen LogP contribution in [-0.2, 0) is 0 Å². The smallest absolute Gasteiger partial charge is 0.320 e. The van der Waals surface area contributed by atoms with Crippen molar-refractivity contribution in [1.82, 2.24) is 20.2 Å². The molecule has 1 aromatic carbocycles. The Hall–Kier alpha value is -2.18. The number of hydrogen-bond acceptors (Lipinski definition) is 4. The molecule has 2 N–H and O–H groups in total. The zero-order valence-electron chi connectivity index (χ0n) is 12.5. The molecule has 22 heavy (non-hydrogen) atoms. The van der Waals surface area contributed by atoms with Crippen LogP contribution in [0.15, 0.2) is 42.9 Å². The van der Waals surface area contributed by atoms with Crippen molar-refractivity contribution in [3.05, 3.63) is 53.4 Å². The second kappa shape index (κ2) is 7.72. The Kier molecular flexibility index (Phi) is 5.68. The highest BCUT2D eigenvalue weighted by Gasteiger charge is 2.16. The summed E-state index contributed by atoms with van der Waals surface area (Å²) in [6.45, 7) is 0.666. The van der Waals surface area contributed by atoms with Gasteiger partial charge in [0.25, 0.3) is 0 Å². The minimum absolute atomic E-state index is 0.158. The lowest BCUT2D eigenvalue weighted by atomic mass is 10.1. The molecule has 1 aromatic heterocycles. The molecule has 1 heterocycles. The van der Waals surface area contributed by atoms with E-state index < -0.39 is 0 Å². The molecule has 2 aromatic rings. The van der Waals surface area contributed by atoms with Crippen LogP contribution in [0, 0.1) is 0 Å². The maximum Gasteiger partial charge on any atom is 0.320 e. The average molecular weight is 320 g/mol. The molecule has 0 fully saturated rings. The first-order chi connectivity index (χ1) is 10.5. The van der Waals surface area contributed by atoms with Gasteiger partial charge >= 0.3 is 6.03 Å². The van der Waals surface area contributed by atoms with Crippen LogP contribution in [0.1, 0.15) is 11.6 Å². The van der Waals surface area contributed by atoms with Gasteiger partial charge in [-0.1, -0.05) is 23.7 Å². The summed E-state index contributed by atoms with van der Waals surface area (Å²) < 4.78 is 0. The largest absolute Gasteiger partial charge is 0.330 e. The highest BCUT2D eigenvalue weighted by molar-refractivity contribution is 6.30. The van der Waals surface area contributed by atoms with E-state index in [2.05, 4.69) is 20.6 Å². The zero-order valence-corrected chi connectivity index (χ0v) is 13.2. The molecule has 6 nitrogen and oxygen atoms in total. The summed E-state index contributed by atoms with van der Waals surface area (Å²) in [6, 6.07) is 8.58. The van der Waals surface area contributed by atoms with Gasteiger partial charge in [-0.05, 0) is 37.9 Å². The SMILES string of the molecule is CN(C)CC(NC(=O)Nc1ccncn1)c1ccc(Cl)cc1. The van der Waals surface area contributed by atoms with Crippen molar-refractivity contribution < 1.29 is 4.79 Å². The Morgan fingerprint density at radius 3 is 2.59 bits per heavy atom. The van der Waals surface area contributed by atoms with Crippen LogP contribution in [0.2, 0.25) is 5.02 Å². The first-order valence-corrected chi connectivity index (χ1v) is 7.16. The monoisotopic (exact) mass is 319 g/mol. The molecule has 0 radical (unpaired) electrons. The maximum absolute atomic E-state index is 12.1.